The van der Waals surface area contributed by atoms with Crippen LogP contribution in [0.5, 0.6) is 5.75 Å². The van der Waals surface area contributed by atoms with E-state index >= 15 is 0 Å². The van der Waals surface area contributed by atoms with Gasteiger partial charge in [0, 0.05) is 21.2 Å². The molecule has 1 N–H and O–H groups in total. The molecule has 0 unspecified atom stereocenters. The Morgan fingerprint density at radius 3 is 2.54 bits per heavy atom. The average Bonchev–Trinajstić information content (AvgIpc) is 2.72. The highest BCUT2D eigenvalue weighted by molar-refractivity contribution is 6.35. The maximum Gasteiger partial charge on any atom is 0.120 e. The standard InChI is InChI=1S/C22H17Cl2N3O/c23-21-9-4-10-22(24)20(21)14-27-26-13-16-5-3-8-19(11-16)28-15-18-7-2-1-6-17(18)12-25/h1-11,13,27H,14-15H2/b26-13+. The van der Waals surface area contributed by atoms with E-state index in [4.69, 9.17) is 33.2 Å². The zero-order valence-electron chi connectivity index (χ0n) is 14.9. The number of ether oxygens (including phenoxy) is 1. The van der Waals surface area contributed by atoms with E-state index < -0.39 is 0 Å². The van der Waals surface area contributed by atoms with Crippen LogP contribution in [0.1, 0.15) is 22.3 Å². The molecule has 3 aromatic rings. The third-order valence-corrected chi connectivity index (χ3v) is 4.72. The Hall–Kier alpha value is -3.00. The molecule has 0 radical (unpaired) electrons. The summed E-state index contributed by atoms with van der Waals surface area (Å²) >= 11 is 12.3. The Morgan fingerprint density at radius 1 is 1.00 bits per heavy atom. The van der Waals surface area contributed by atoms with Crippen molar-refractivity contribution in [1.29, 1.82) is 5.26 Å². The molecule has 0 aliphatic carbocycles. The summed E-state index contributed by atoms with van der Waals surface area (Å²) in [4.78, 5) is 0. The van der Waals surface area contributed by atoms with Gasteiger partial charge in [-0.05, 0) is 35.9 Å². The Balaban J connectivity index is 1.59. The SMILES string of the molecule is N#Cc1ccccc1COc1cccc(/C=N/NCc2c(Cl)cccc2Cl)c1. The highest BCUT2D eigenvalue weighted by Crippen LogP contribution is 2.23. The number of hydrogen-bond donors (Lipinski definition) is 1. The average molecular weight is 410 g/mol. The molecule has 6 heteroatoms. The first kappa shape index (κ1) is 19.8. The highest BCUT2D eigenvalue weighted by Gasteiger charge is 2.04. The summed E-state index contributed by atoms with van der Waals surface area (Å²) in [6.45, 7) is 0.754. The zero-order chi connectivity index (χ0) is 19.8. The van der Waals surface area contributed by atoms with Crippen molar-refractivity contribution in [3.05, 3.63) is 99.0 Å². The molecule has 0 aliphatic rings. The summed E-state index contributed by atoms with van der Waals surface area (Å²) in [6.07, 6.45) is 1.70. The van der Waals surface area contributed by atoms with Crippen LogP contribution in [0.2, 0.25) is 10.0 Å². The van der Waals surface area contributed by atoms with Crippen molar-refractivity contribution in [3.63, 3.8) is 0 Å². The summed E-state index contributed by atoms with van der Waals surface area (Å²) in [5.41, 5.74) is 6.09. The Morgan fingerprint density at radius 2 is 1.75 bits per heavy atom. The molecular weight excluding hydrogens is 393 g/mol. The molecule has 0 bridgehead atoms. The van der Waals surface area contributed by atoms with Crippen molar-refractivity contribution in [2.24, 2.45) is 5.10 Å². The number of hydrazone groups is 1. The Kier molecular flexibility index (Phi) is 6.91. The quantitative estimate of drug-likeness (QED) is 0.409. The fourth-order valence-corrected chi connectivity index (χ4v) is 3.08. The lowest BCUT2D eigenvalue weighted by Gasteiger charge is -2.08. The van der Waals surface area contributed by atoms with E-state index in [1.165, 1.54) is 0 Å². The minimum Gasteiger partial charge on any atom is -0.489 e. The van der Waals surface area contributed by atoms with Crippen molar-refractivity contribution in [1.82, 2.24) is 5.43 Å². The first-order chi connectivity index (χ1) is 13.7. The van der Waals surface area contributed by atoms with Gasteiger partial charge in [-0.2, -0.15) is 10.4 Å². The van der Waals surface area contributed by atoms with Gasteiger partial charge < -0.3 is 10.2 Å². The number of nitriles is 1. The summed E-state index contributed by atoms with van der Waals surface area (Å²) in [6, 6.07) is 22.5. The van der Waals surface area contributed by atoms with Crippen LogP contribution in [0.15, 0.2) is 71.8 Å². The van der Waals surface area contributed by atoms with Gasteiger partial charge in [0.15, 0.2) is 0 Å². The molecule has 0 spiro atoms. The normalized spacial score (nSPS) is 10.6. The van der Waals surface area contributed by atoms with Crippen molar-refractivity contribution in [2.45, 2.75) is 13.2 Å². The third-order valence-electron chi connectivity index (χ3n) is 4.01. The van der Waals surface area contributed by atoms with Gasteiger partial charge in [-0.3, -0.25) is 0 Å². The summed E-state index contributed by atoms with van der Waals surface area (Å²) in [5, 5.41) is 14.6. The molecule has 140 valence electrons. The van der Waals surface area contributed by atoms with E-state index in [0.29, 0.717) is 34.5 Å². The molecule has 0 saturated heterocycles. The summed E-state index contributed by atoms with van der Waals surface area (Å²) in [5.74, 6) is 0.700. The molecule has 4 nitrogen and oxygen atoms in total. The van der Waals surface area contributed by atoms with E-state index in [0.717, 1.165) is 16.7 Å². The van der Waals surface area contributed by atoms with Gasteiger partial charge in [0.1, 0.15) is 12.4 Å². The number of nitrogens with zero attached hydrogens (tertiary/aromatic N) is 2. The van der Waals surface area contributed by atoms with Crippen LogP contribution in [0, 0.1) is 11.3 Å². The zero-order valence-corrected chi connectivity index (χ0v) is 16.4. The van der Waals surface area contributed by atoms with Crippen LogP contribution in [-0.2, 0) is 13.2 Å². The van der Waals surface area contributed by atoms with E-state index in [2.05, 4.69) is 16.6 Å². The van der Waals surface area contributed by atoms with Gasteiger partial charge in [-0.1, -0.05) is 59.6 Å². The minimum atomic E-state index is 0.327. The highest BCUT2D eigenvalue weighted by atomic mass is 35.5. The lowest BCUT2D eigenvalue weighted by Crippen LogP contribution is -2.06. The first-order valence-corrected chi connectivity index (χ1v) is 9.32. The van der Waals surface area contributed by atoms with Crippen molar-refractivity contribution >= 4 is 29.4 Å². The molecule has 3 rings (SSSR count). The number of nitrogens with one attached hydrogen (secondary N) is 1. The molecule has 3 aromatic carbocycles. The van der Waals surface area contributed by atoms with Crippen LogP contribution in [0.4, 0.5) is 0 Å². The van der Waals surface area contributed by atoms with Gasteiger partial charge in [0.25, 0.3) is 0 Å². The second kappa shape index (κ2) is 9.80. The molecule has 0 aliphatic heterocycles. The Labute approximate surface area is 174 Å². The monoisotopic (exact) mass is 409 g/mol. The van der Waals surface area contributed by atoms with Crippen LogP contribution in [-0.4, -0.2) is 6.21 Å². The minimum absolute atomic E-state index is 0.327. The molecule has 0 saturated carbocycles. The molecule has 0 atom stereocenters. The third kappa shape index (κ3) is 5.26. The maximum atomic E-state index is 9.15. The number of halogens is 2. The molecule has 0 aromatic heterocycles. The topological polar surface area (TPSA) is 57.4 Å². The van der Waals surface area contributed by atoms with Crippen LogP contribution in [0.25, 0.3) is 0 Å². The van der Waals surface area contributed by atoms with Crippen LogP contribution >= 0.6 is 23.2 Å². The number of benzene rings is 3. The lowest BCUT2D eigenvalue weighted by atomic mass is 10.1. The van der Waals surface area contributed by atoms with Crippen molar-refractivity contribution in [2.75, 3.05) is 0 Å². The summed E-state index contributed by atoms with van der Waals surface area (Å²) in [7, 11) is 0. The fraction of sp³-hybridized carbons (Fsp3) is 0.0909. The predicted molar refractivity (Wildman–Crippen MR) is 113 cm³/mol. The van der Waals surface area contributed by atoms with Crippen LogP contribution < -0.4 is 10.2 Å². The van der Waals surface area contributed by atoms with Crippen molar-refractivity contribution in [3.8, 4) is 11.8 Å². The number of rotatable bonds is 7. The molecule has 28 heavy (non-hydrogen) atoms. The largest absolute Gasteiger partial charge is 0.489 e. The molecule has 0 fully saturated rings. The van der Waals surface area contributed by atoms with Gasteiger partial charge in [-0.25, -0.2) is 0 Å². The second-order valence-electron chi connectivity index (χ2n) is 5.92. The summed E-state index contributed by atoms with van der Waals surface area (Å²) < 4.78 is 5.81. The predicted octanol–water partition coefficient (Wildman–Crippen LogP) is 5.57. The first-order valence-electron chi connectivity index (χ1n) is 8.57. The number of hydrogen-bond acceptors (Lipinski definition) is 4. The van der Waals surface area contributed by atoms with E-state index in [9.17, 15) is 0 Å². The van der Waals surface area contributed by atoms with Gasteiger partial charge in [0.05, 0.1) is 24.4 Å². The molecule has 0 heterocycles. The molecular formula is C22H17Cl2N3O. The fourth-order valence-electron chi connectivity index (χ4n) is 2.55. The second-order valence-corrected chi connectivity index (χ2v) is 6.74. The lowest BCUT2D eigenvalue weighted by molar-refractivity contribution is 0.306. The maximum absolute atomic E-state index is 9.15. The molecule has 0 amide bonds. The van der Waals surface area contributed by atoms with E-state index in [1.54, 1.807) is 30.5 Å². The Bertz CT molecular complexity index is 1010. The van der Waals surface area contributed by atoms with Gasteiger partial charge in [0.2, 0.25) is 0 Å². The van der Waals surface area contributed by atoms with Gasteiger partial charge >= 0.3 is 0 Å². The van der Waals surface area contributed by atoms with Crippen LogP contribution in [0.3, 0.4) is 0 Å². The van der Waals surface area contributed by atoms with E-state index in [1.807, 2.05) is 42.5 Å². The smallest absolute Gasteiger partial charge is 0.120 e. The van der Waals surface area contributed by atoms with Crippen molar-refractivity contribution < 1.29 is 4.74 Å². The van der Waals surface area contributed by atoms with E-state index in [-0.39, 0.29) is 0 Å². The van der Waals surface area contributed by atoms with Gasteiger partial charge in [-0.15, -0.1) is 0 Å².